The first-order valence-electron chi connectivity index (χ1n) is 10.0. The standard InChI is InChI=1S/C23H26N2O2S/c1-15(16-7-10-20(11-8-16)25-23(27)18-5-6-18)24-22(26)14-28-21-12-9-17-3-2-4-19(17)13-21/h7-13,15,18H,2-6,14H2,1H3,(H,24,26)(H,25,27). The second-order valence-corrected chi connectivity index (χ2v) is 8.80. The Balaban J connectivity index is 1.26. The Kier molecular flexibility index (Phi) is 5.72. The van der Waals surface area contributed by atoms with Gasteiger partial charge in [0.15, 0.2) is 0 Å². The number of nitrogens with one attached hydrogen (secondary N) is 2. The Morgan fingerprint density at radius 2 is 1.82 bits per heavy atom. The van der Waals surface area contributed by atoms with Gasteiger partial charge in [0, 0.05) is 16.5 Å². The summed E-state index contributed by atoms with van der Waals surface area (Å²) in [7, 11) is 0. The molecule has 1 unspecified atom stereocenters. The molecule has 2 amide bonds. The van der Waals surface area contributed by atoms with Crippen molar-refractivity contribution >= 4 is 29.3 Å². The van der Waals surface area contributed by atoms with Crippen molar-refractivity contribution in [2.75, 3.05) is 11.1 Å². The van der Waals surface area contributed by atoms with E-state index in [0.29, 0.717) is 5.75 Å². The highest BCUT2D eigenvalue weighted by Gasteiger charge is 2.29. The van der Waals surface area contributed by atoms with Crippen LogP contribution in [0.2, 0.25) is 0 Å². The topological polar surface area (TPSA) is 58.2 Å². The minimum Gasteiger partial charge on any atom is -0.349 e. The number of fused-ring (bicyclic) bond motifs is 1. The highest BCUT2D eigenvalue weighted by Crippen LogP contribution is 2.30. The van der Waals surface area contributed by atoms with Crippen LogP contribution >= 0.6 is 11.8 Å². The summed E-state index contributed by atoms with van der Waals surface area (Å²) in [5, 5.41) is 6.00. The minimum absolute atomic E-state index is 0.0316. The SMILES string of the molecule is CC(NC(=O)CSc1ccc2c(c1)CCC2)c1ccc(NC(=O)C2CC2)cc1. The zero-order chi connectivity index (χ0) is 19.5. The molecule has 1 fully saturated rings. The number of carbonyl (C=O) groups excluding carboxylic acids is 2. The molecule has 2 aromatic rings. The Morgan fingerprint density at radius 1 is 1.07 bits per heavy atom. The average molecular weight is 395 g/mol. The summed E-state index contributed by atoms with van der Waals surface area (Å²) in [6.45, 7) is 1.98. The molecule has 0 aromatic heterocycles. The smallest absolute Gasteiger partial charge is 0.230 e. The van der Waals surface area contributed by atoms with E-state index in [0.717, 1.165) is 30.5 Å². The molecule has 1 atom stereocenters. The number of thioether (sulfide) groups is 1. The van der Waals surface area contributed by atoms with Crippen LogP contribution in [0.4, 0.5) is 5.69 Å². The molecule has 0 aliphatic heterocycles. The van der Waals surface area contributed by atoms with Gasteiger partial charge >= 0.3 is 0 Å². The molecule has 2 aliphatic rings. The molecular weight excluding hydrogens is 368 g/mol. The molecule has 2 aromatic carbocycles. The lowest BCUT2D eigenvalue weighted by Gasteiger charge is -2.15. The van der Waals surface area contributed by atoms with Gasteiger partial charge in [-0.05, 0) is 80.0 Å². The summed E-state index contributed by atoms with van der Waals surface area (Å²) in [6, 6.07) is 14.2. The lowest BCUT2D eigenvalue weighted by molar-refractivity contribution is -0.119. The molecule has 0 saturated heterocycles. The molecule has 0 spiro atoms. The molecular formula is C23H26N2O2S. The number of hydrogen-bond acceptors (Lipinski definition) is 3. The molecule has 146 valence electrons. The van der Waals surface area contributed by atoms with Crippen LogP contribution in [0.15, 0.2) is 47.4 Å². The zero-order valence-electron chi connectivity index (χ0n) is 16.2. The number of rotatable bonds is 7. The first-order chi connectivity index (χ1) is 13.6. The Morgan fingerprint density at radius 3 is 2.57 bits per heavy atom. The van der Waals surface area contributed by atoms with E-state index in [4.69, 9.17) is 0 Å². The van der Waals surface area contributed by atoms with Crippen LogP contribution in [0.5, 0.6) is 0 Å². The van der Waals surface area contributed by atoms with Crippen LogP contribution in [-0.4, -0.2) is 17.6 Å². The van der Waals surface area contributed by atoms with Gasteiger partial charge in [0.2, 0.25) is 11.8 Å². The summed E-state index contributed by atoms with van der Waals surface area (Å²) in [4.78, 5) is 25.3. The molecule has 2 N–H and O–H groups in total. The van der Waals surface area contributed by atoms with Crippen molar-refractivity contribution in [3.8, 4) is 0 Å². The highest BCUT2D eigenvalue weighted by atomic mass is 32.2. The first kappa shape index (κ1) is 19.1. The number of aryl methyl sites for hydroxylation is 2. The van der Waals surface area contributed by atoms with Gasteiger partial charge in [-0.1, -0.05) is 18.2 Å². The van der Waals surface area contributed by atoms with E-state index in [1.54, 1.807) is 11.8 Å². The second-order valence-electron chi connectivity index (χ2n) is 7.75. The largest absolute Gasteiger partial charge is 0.349 e. The second kappa shape index (κ2) is 8.39. The van der Waals surface area contributed by atoms with Gasteiger partial charge in [0.1, 0.15) is 0 Å². The van der Waals surface area contributed by atoms with Gasteiger partial charge < -0.3 is 10.6 Å². The van der Waals surface area contributed by atoms with E-state index in [-0.39, 0.29) is 23.8 Å². The summed E-state index contributed by atoms with van der Waals surface area (Å²) < 4.78 is 0. The molecule has 2 aliphatic carbocycles. The van der Waals surface area contributed by atoms with Gasteiger partial charge in [-0.2, -0.15) is 0 Å². The van der Waals surface area contributed by atoms with E-state index in [2.05, 4.69) is 28.8 Å². The Bertz CT molecular complexity index is 875. The minimum atomic E-state index is -0.0682. The maximum Gasteiger partial charge on any atom is 0.230 e. The maximum absolute atomic E-state index is 12.3. The van der Waals surface area contributed by atoms with Crippen molar-refractivity contribution in [2.45, 2.75) is 50.0 Å². The highest BCUT2D eigenvalue weighted by molar-refractivity contribution is 8.00. The lowest BCUT2D eigenvalue weighted by Crippen LogP contribution is -2.28. The van der Waals surface area contributed by atoms with Crippen molar-refractivity contribution < 1.29 is 9.59 Å². The number of amides is 2. The lowest BCUT2D eigenvalue weighted by atomic mass is 10.1. The molecule has 0 bridgehead atoms. The van der Waals surface area contributed by atoms with E-state index in [1.165, 1.54) is 28.9 Å². The average Bonchev–Trinajstić information content (AvgIpc) is 3.45. The van der Waals surface area contributed by atoms with E-state index >= 15 is 0 Å². The first-order valence-corrected chi connectivity index (χ1v) is 11.0. The third-order valence-electron chi connectivity index (χ3n) is 5.44. The van der Waals surface area contributed by atoms with Crippen LogP contribution in [-0.2, 0) is 22.4 Å². The fraction of sp³-hybridized carbons (Fsp3) is 0.391. The van der Waals surface area contributed by atoms with Gasteiger partial charge in [-0.3, -0.25) is 9.59 Å². The Labute approximate surface area is 170 Å². The maximum atomic E-state index is 12.3. The van der Waals surface area contributed by atoms with Crippen LogP contribution in [0.25, 0.3) is 0 Å². The molecule has 0 heterocycles. The summed E-state index contributed by atoms with van der Waals surface area (Å²) in [5.74, 6) is 0.751. The van der Waals surface area contributed by atoms with Crippen LogP contribution in [0.1, 0.15) is 48.9 Å². The summed E-state index contributed by atoms with van der Waals surface area (Å²) in [5.41, 5.74) is 4.73. The Hall–Kier alpha value is -2.27. The number of carbonyl (C=O) groups is 2. The van der Waals surface area contributed by atoms with Gasteiger partial charge in [-0.25, -0.2) is 0 Å². The third kappa shape index (κ3) is 4.76. The van der Waals surface area contributed by atoms with Crippen molar-refractivity contribution in [1.29, 1.82) is 0 Å². The van der Waals surface area contributed by atoms with Crippen LogP contribution < -0.4 is 10.6 Å². The molecule has 4 nitrogen and oxygen atoms in total. The van der Waals surface area contributed by atoms with Crippen LogP contribution in [0, 0.1) is 5.92 Å². The van der Waals surface area contributed by atoms with E-state index in [1.807, 2.05) is 31.2 Å². The predicted octanol–water partition coefficient (Wildman–Crippen LogP) is 4.49. The van der Waals surface area contributed by atoms with Crippen molar-refractivity contribution in [1.82, 2.24) is 5.32 Å². The van der Waals surface area contributed by atoms with Gasteiger partial charge in [-0.15, -0.1) is 11.8 Å². The zero-order valence-corrected chi connectivity index (χ0v) is 17.0. The normalized spacial score (nSPS) is 16.3. The van der Waals surface area contributed by atoms with Gasteiger partial charge in [0.25, 0.3) is 0 Å². The molecule has 1 saturated carbocycles. The third-order valence-corrected chi connectivity index (χ3v) is 6.44. The van der Waals surface area contributed by atoms with Gasteiger partial charge in [0.05, 0.1) is 11.8 Å². The van der Waals surface area contributed by atoms with Crippen LogP contribution in [0.3, 0.4) is 0 Å². The molecule has 4 rings (SSSR count). The number of anilines is 1. The summed E-state index contributed by atoms with van der Waals surface area (Å²) in [6.07, 6.45) is 5.57. The van der Waals surface area contributed by atoms with E-state index in [9.17, 15) is 9.59 Å². The monoisotopic (exact) mass is 394 g/mol. The van der Waals surface area contributed by atoms with Crippen molar-refractivity contribution in [2.24, 2.45) is 5.92 Å². The van der Waals surface area contributed by atoms with Crippen molar-refractivity contribution in [3.63, 3.8) is 0 Å². The number of hydrogen-bond donors (Lipinski definition) is 2. The molecule has 0 radical (unpaired) electrons. The molecule has 28 heavy (non-hydrogen) atoms. The fourth-order valence-corrected chi connectivity index (χ4v) is 4.37. The van der Waals surface area contributed by atoms with E-state index < -0.39 is 0 Å². The quantitative estimate of drug-likeness (QED) is 0.680. The number of benzene rings is 2. The molecule has 5 heteroatoms. The predicted molar refractivity (Wildman–Crippen MR) is 114 cm³/mol. The summed E-state index contributed by atoms with van der Waals surface area (Å²) >= 11 is 1.59. The van der Waals surface area contributed by atoms with Crippen molar-refractivity contribution in [3.05, 3.63) is 59.2 Å². The fourth-order valence-electron chi connectivity index (χ4n) is 3.60.